The first-order valence-electron chi connectivity index (χ1n) is 14.2. The Morgan fingerprint density at radius 2 is 1.48 bits per heavy atom. The van der Waals surface area contributed by atoms with Gasteiger partial charge in [-0.1, -0.05) is 30.3 Å². The van der Waals surface area contributed by atoms with Crippen molar-refractivity contribution in [3.63, 3.8) is 0 Å². The molecule has 2 amide bonds. The van der Waals surface area contributed by atoms with E-state index in [0.29, 0.717) is 24.8 Å². The summed E-state index contributed by atoms with van der Waals surface area (Å²) in [6, 6.07) is 20.8. The van der Waals surface area contributed by atoms with Gasteiger partial charge in [0.1, 0.15) is 5.75 Å². The van der Waals surface area contributed by atoms with E-state index in [2.05, 4.69) is 22.2 Å². The first kappa shape index (κ1) is 29.6. The maximum atomic E-state index is 13.8. The van der Waals surface area contributed by atoms with Crippen LogP contribution in [-0.2, 0) is 14.8 Å². The quantitative estimate of drug-likeness (QED) is 0.414. The number of piperazine rings is 1. The Morgan fingerprint density at radius 1 is 0.857 bits per heavy atom. The van der Waals surface area contributed by atoms with Gasteiger partial charge in [0.15, 0.2) is 0 Å². The van der Waals surface area contributed by atoms with E-state index in [1.165, 1.54) is 36.4 Å². The van der Waals surface area contributed by atoms with E-state index in [4.69, 9.17) is 0 Å². The average Bonchev–Trinajstić information content (AvgIpc) is 3.02. The van der Waals surface area contributed by atoms with Gasteiger partial charge in [-0.3, -0.25) is 14.5 Å². The number of hydrogen-bond donors (Lipinski definition) is 2. The molecule has 0 bridgehead atoms. The number of phenolic OH excluding ortho intramolecular Hbond substituents is 1. The molecule has 0 radical (unpaired) electrons. The lowest BCUT2D eigenvalue weighted by molar-refractivity contribution is -0.132. The van der Waals surface area contributed by atoms with Gasteiger partial charge in [-0.15, -0.1) is 0 Å². The van der Waals surface area contributed by atoms with Crippen molar-refractivity contribution in [1.82, 2.24) is 20.0 Å². The number of rotatable bonds is 8. The molecule has 3 aromatic rings. The van der Waals surface area contributed by atoms with Crippen molar-refractivity contribution in [2.45, 2.75) is 23.8 Å². The van der Waals surface area contributed by atoms with Crippen LogP contribution in [0.15, 0.2) is 83.8 Å². The zero-order valence-electron chi connectivity index (χ0n) is 23.7. The molecular weight excluding hydrogens is 554 g/mol. The third kappa shape index (κ3) is 6.59. The van der Waals surface area contributed by atoms with Crippen molar-refractivity contribution >= 4 is 33.2 Å². The second-order valence-electron chi connectivity index (χ2n) is 10.8. The Labute approximate surface area is 247 Å². The molecule has 2 N–H and O–H groups in total. The molecule has 222 valence electrons. The molecule has 3 aromatic carbocycles. The van der Waals surface area contributed by atoms with Gasteiger partial charge in [-0.05, 0) is 81.5 Å². The molecule has 0 aromatic heterocycles. The molecule has 2 aliphatic rings. The summed E-state index contributed by atoms with van der Waals surface area (Å²) in [4.78, 5) is 32.2. The maximum Gasteiger partial charge on any atom is 0.268 e. The van der Waals surface area contributed by atoms with Gasteiger partial charge in [0.2, 0.25) is 5.91 Å². The predicted octanol–water partition coefficient (Wildman–Crippen LogP) is 2.89. The number of nitrogens with zero attached hydrogens (tertiary/aromatic N) is 4. The number of sulfonamides is 1. The number of carbonyl (C=O) groups excluding carboxylic acids is 2. The second kappa shape index (κ2) is 12.9. The molecule has 5 rings (SSSR count). The molecule has 0 spiro atoms. The van der Waals surface area contributed by atoms with Crippen LogP contribution in [0.2, 0.25) is 0 Å². The van der Waals surface area contributed by atoms with E-state index in [9.17, 15) is 23.1 Å². The molecule has 10 nitrogen and oxygen atoms in total. The third-order valence-electron chi connectivity index (χ3n) is 8.02. The summed E-state index contributed by atoms with van der Waals surface area (Å²) in [5.74, 6) is -0.779. The molecule has 2 saturated heterocycles. The molecule has 0 atom stereocenters. The lowest BCUT2D eigenvalue weighted by Crippen LogP contribution is -2.55. The highest BCUT2D eigenvalue weighted by molar-refractivity contribution is 7.93. The minimum Gasteiger partial charge on any atom is -0.506 e. The number of likely N-dealkylation sites (tertiary alicyclic amines) is 1. The van der Waals surface area contributed by atoms with E-state index in [1.54, 1.807) is 47.4 Å². The van der Waals surface area contributed by atoms with Gasteiger partial charge in [0, 0.05) is 37.8 Å². The summed E-state index contributed by atoms with van der Waals surface area (Å²) in [6.07, 6.45) is 2.30. The smallest absolute Gasteiger partial charge is 0.268 e. The van der Waals surface area contributed by atoms with Crippen LogP contribution in [0, 0.1) is 0 Å². The van der Waals surface area contributed by atoms with Gasteiger partial charge < -0.3 is 20.2 Å². The highest BCUT2D eigenvalue weighted by atomic mass is 32.2. The van der Waals surface area contributed by atoms with Gasteiger partial charge in [-0.25, -0.2) is 12.7 Å². The zero-order chi connectivity index (χ0) is 29.7. The van der Waals surface area contributed by atoms with Crippen molar-refractivity contribution in [1.29, 1.82) is 0 Å². The molecule has 2 aliphatic heterocycles. The Kier molecular flexibility index (Phi) is 9.10. The number of carbonyl (C=O) groups is 2. The number of para-hydroxylation sites is 3. The largest absolute Gasteiger partial charge is 0.506 e. The SMILES string of the molecule is CN1CCC(N2CCN(C(=O)CNC(=O)c3ccc(S(=O)(=O)N(c4ccccc4)c4ccccc4O)cc3)CC2)CC1. The summed E-state index contributed by atoms with van der Waals surface area (Å²) >= 11 is 0. The lowest BCUT2D eigenvalue weighted by Gasteiger charge is -2.42. The highest BCUT2D eigenvalue weighted by Gasteiger charge is 2.30. The van der Waals surface area contributed by atoms with Crippen LogP contribution in [-0.4, -0.2) is 98.9 Å². The number of phenols is 1. The Hall–Kier alpha value is -3.93. The van der Waals surface area contributed by atoms with E-state index in [0.717, 1.165) is 43.3 Å². The number of piperidine rings is 1. The van der Waals surface area contributed by atoms with E-state index in [1.807, 2.05) is 0 Å². The van der Waals surface area contributed by atoms with Gasteiger partial charge >= 0.3 is 0 Å². The first-order valence-corrected chi connectivity index (χ1v) is 15.6. The molecule has 0 aliphatic carbocycles. The molecule has 2 heterocycles. The predicted molar refractivity (Wildman–Crippen MR) is 161 cm³/mol. The number of amides is 2. The van der Waals surface area contributed by atoms with Gasteiger partial charge in [0.25, 0.3) is 15.9 Å². The molecular formula is C31H37N5O5S. The van der Waals surface area contributed by atoms with Crippen LogP contribution < -0.4 is 9.62 Å². The monoisotopic (exact) mass is 591 g/mol. The van der Waals surface area contributed by atoms with Crippen LogP contribution in [0.25, 0.3) is 0 Å². The van der Waals surface area contributed by atoms with Crippen molar-refractivity contribution < 1.29 is 23.1 Å². The fraction of sp³-hybridized carbons (Fsp3) is 0.355. The highest BCUT2D eigenvalue weighted by Crippen LogP contribution is 2.37. The van der Waals surface area contributed by atoms with Crippen LogP contribution in [0.1, 0.15) is 23.2 Å². The number of benzene rings is 3. The van der Waals surface area contributed by atoms with Crippen molar-refractivity contribution in [2.24, 2.45) is 0 Å². The fourth-order valence-corrected chi connectivity index (χ4v) is 7.06. The summed E-state index contributed by atoms with van der Waals surface area (Å²) in [5, 5.41) is 13.1. The summed E-state index contributed by atoms with van der Waals surface area (Å²) in [7, 11) is -2.01. The minimum absolute atomic E-state index is 0.0512. The van der Waals surface area contributed by atoms with E-state index in [-0.39, 0.29) is 34.3 Å². The standard InChI is InChI=1S/C31H37N5O5S/c1-33-17-15-25(16-18-33)34-19-21-35(22-20-34)30(38)23-32-31(39)24-11-13-27(14-12-24)42(40,41)36(26-7-3-2-4-8-26)28-9-5-6-10-29(28)37/h2-14,25,37H,15-23H2,1H3,(H,32,39). The zero-order valence-corrected chi connectivity index (χ0v) is 24.5. The molecule has 11 heteroatoms. The van der Waals surface area contributed by atoms with Crippen LogP contribution >= 0.6 is 0 Å². The number of nitrogens with one attached hydrogen (secondary N) is 1. The second-order valence-corrected chi connectivity index (χ2v) is 12.5. The number of aromatic hydroxyl groups is 1. The molecule has 2 fully saturated rings. The summed E-state index contributed by atoms with van der Waals surface area (Å²) in [6.45, 7) is 5.04. The van der Waals surface area contributed by atoms with Crippen molar-refractivity contribution in [3.8, 4) is 5.75 Å². The average molecular weight is 592 g/mol. The Bertz CT molecular complexity index is 1480. The molecule has 0 saturated carbocycles. The molecule has 42 heavy (non-hydrogen) atoms. The van der Waals surface area contributed by atoms with Crippen LogP contribution in [0.3, 0.4) is 0 Å². The summed E-state index contributed by atoms with van der Waals surface area (Å²) < 4.78 is 28.6. The summed E-state index contributed by atoms with van der Waals surface area (Å²) in [5.41, 5.74) is 0.699. The fourth-order valence-electron chi connectivity index (χ4n) is 5.56. The van der Waals surface area contributed by atoms with Crippen molar-refractivity contribution in [2.75, 3.05) is 57.2 Å². The van der Waals surface area contributed by atoms with E-state index < -0.39 is 15.9 Å². The Morgan fingerprint density at radius 3 is 2.12 bits per heavy atom. The third-order valence-corrected chi connectivity index (χ3v) is 9.77. The number of hydrogen-bond acceptors (Lipinski definition) is 7. The van der Waals surface area contributed by atoms with Crippen LogP contribution in [0.4, 0.5) is 11.4 Å². The van der Waals surface area contributed by atoms with Gasteiger partial charge in [-0.2, -0.15) is 0 Å². The Balaban J connectivity index is 1.20. The first-order chi connectivity index (χ1) is 20.2. The van der Waals surface area contributed by atoms with Gasteiger partial charge in [0.05, 0.1) is 22.8 Å². The van der Waals surface area contributed by atoms with Crippen LogP contribution in [0.5, 0.6) is 5.75 Å². The lowest BCUT2D eigenvalue weighted by atomic mass is 10.0. The maximum absolute atomic E-state index is 13.8. The van der Waals surface area contributed by atoms with Crippen molar-refractivity contribution in [3.05, 3.63) is 84.4 Å². The topological polar surface area (TPSA) is 114 Å². The minimum atomic E-state index is -4.15. The molecule has 0 unspecified atom stereocenters. The number of anilines is 2. The van der Waals surface area contributed by atoms with E-state index >= 15 is 0 Å². The normalized spacial score (nSPS) is 17.1.